The van der Waals surface area contributed by atoms with Crippen molar-refractivity contribution < 1.29 is 8.42 Å². The third-order valence-electron chi connectivity index (χ3n) is 4.57. The van der Waals surface area contributed by atoms with E-state index in [1.807, 2.05) is 0 Å². The van der Waals surface area contributed by atoms with Gasteiger partial charge in [-0.2, -0.15) is 12.7 Å². The van der Waals surface area contributed by atoms with Crippen molar-refractivity contribution in [2.75, 3.05) is 32.7 Å². The first-order chi connectivity index (χ1) is 8.99. The van der Waals surface area contributed by atoms with E-state index >= 15 is 0 Å². The van der Waals surface area contributed by atoms with Crippen molar-refractivity contribution in [2.45, 2.75) is 33.1 Å². The number of piperidine rings is 2. The Hall–Kier alpha value is -0.170. The number of hydrogen-bond donors (Lipinski definition) is 2. The minimum atomic E-state index is -3.27. The summed E-state index contributed by atoms with van der Waals surface area (Å²) < 4.78 is 28.9. The molecule has 5 nitrogen and oxygen atoms in total. The van der Waals surface area contributed by atoms with Crippen molar-refractivity contribution >= 4 is 10.2 Å². The molecule has 112 valence electrons. The second-order valence-corrected chi connectivity index (χ2v) is 7.92. The molecule has 0 aromatic carbocycles. The first kappa shape index (κ1) is 15.2. The van der Waals surface area contributed by atoms with Crippen molar-refractivity contribution in [1.29, 1.82) is 0 Å². The molecule has 19 heavy (non-hydrogen) atoms. The molecule has 2 aliphatic rings. The average molecular weight is 289 g/mol. The quantitative estimate of drug-likeness (QED) is 0.805. The van der Waals surface area contributed by atoms with Crippen molar-refractivity contribution in [3.8, 4) is 0 Å². The maximum absolute atomic E-state index is 12.2. The van der Waals surface area contributed by atoms with Crippen LogP contribution >= 0.6 is 0 Å². The van der Waals surface area contributed by atoms with Gasteiger partial charge in [-0.25, -0.2) is 4.72 Å². The highest BCUT2D eigenvalue weighted by Crippen LogP contribution is 2.20. The summed E-state index contributed by atoms with van der Waals surface area (Å²) in [5.41, 5.74) is 0. The van der Waals surface area contributed by atoms with Crippen LogP contribution in [0.4, 0.5) is 0 Å². The summed E-state index contributed by atoms with van der Waals surface area (Å²) in [6, 6.07) is 0. The molecule has 2 saturated heterocycles. The minimum absolute atomic E-state index is 0.458. The SMILES string of the molecule is CC1CCN(S(=O)(=O)NCC2CCNCC2C)CC1. The summed E-state index contributed by atoms with van der Waals surface area (Å²) in [7, 11) is -3.27. The van der Waals surface area contributed by atoms with Gasteiger partial charge in [-0.05, 0) is 50.1 Å². The molecule has 2 atom stereocenters. The van der Waals surface area contributed by atoms with Crippen molar-refractivity contribution in [2.24, 2.45) is 17.8 Å². The fraction of sp³-hybridized carbons (Fsp3) is 1.00. The van der Waals surface area contributed by atoms with Gasteiger partial charge in [0, 0.05) is 19.6 Å². The molecule has 2 N–H and O–H groups in total. The molecule has 6 heteroatoms. The third kappa shape index (κ3) is 4.15. The van der Waals surface area contributed by atoms with E-state index in [2.05, 4.69) is 23.9 Å². The summed E-state index contributed by atoms with van der Waals surface area (Å²) in [5.74, 6) is 1.65. The molecule has 0 amide bonds. The van der Waals surface area contributed by atoms with Crippen LogP contribution in [-0.4, -0.2) is 45.4 Å². The third-order valence-corrected chi connectivity index (χ3v) is 6.15. The maximum Gasteiger partial charge on any atom is 0.279 e. The van der Waals surface area contributed by atoms with Gasteiger partial charge in [-0.1, -0.05) is 13.8 Å². The normalized spacial score (nSPS) is 31.5. The maximum atomic E-state index is 12.2. The zero-order valence-corrected chi connectivity index (χ0v) is 12.9. The molecule has 0 saturated carbocycles. The van der Waals surface area contributed by atoms with Crippen LogP contribution in [0, 0.1) is 17.8 Å². The van der Waals surface area contributed by atoms with E-state index in [9.17, 15) is 8.42 Å². The van der Waals surface area contributed by atoms with E-state index in [4.69, 9.17) is 0 Å². The molecule has 2 unspecified atom stereocenters. The van der Waals surface area contributed by atoms with Gasteiger partial charge in [0.25, 0.3) is 10.2 Å². The molecule has 0 radical (unpaired) electrons. The fourth-order valence-corrected chi connectivity index (χ4v) is 4.20. The van der Waals surface area contributed by atoms with E-state index in [0.29, 0.717) is 37.4 Å². The lowest BCUT2D eigenvalue weighted by molar-refractivity contribution is 0.263. The molecule has 2 heterocycles. The topological polar surface area (TPSA) is 61.4 Å². The van der Waals surface area contributed by atoms with Gasteiger partial charge in [0.1, 0.15) is 0 Å². The Bertz CT molecular complexity index is 377. The Balaban J connectivity index is 1.83. The minimum Gasteiger partial charge on any atom is -0.316 e. The second kappa shape index (κ2) is 6.52. The van der Waals surface area contributed by atoms with Gasteiger partial charge >= 0.3 is 0 Å². The van der Waals surface area contributed by atoms with Gasteiger partial charge in [-0.15, -0.1) is 0 Å². The highest BCUT2D eigenvalue weighted by Gasteiger charge is 2.28. The van der Waals surface area contributed by atoms with Gasteiger partial charge < -0.3 is 5.32 Å². The Labute approximate surface area is 117 Å². The van der Waals surface area contributed by atoms with Crippen LogP contribution < -0.4 is 10.0 Å². The van der Waals surface area contributed by atoms with Crippen LogP contribution in [0.3, 0.4) is 0 Å². The highest BCUT2D eigenvalue weighted by molar-refractivity contribution is 7.87. The van der Waals surface area contributed by atoms with Gasteiger partial charge in [-0.3, -0.25) is 0 Å². The lowest BCUT2D eigenvalue weighted by Crippen LogP contribution is -2.48. The van der Waals surface area contributed by atoms with E-state index < -0.39 is 10.2 Å². The predicted molar refractivity (Wildman–Crippen MR) is 77.0 cm³/mol. The summed E-state index contributed by atoms with van der Waals surface area (Å²) in [6.07, 6.45) is 3.01. The summed E-state index contributed by atoms with van der Waals surface area (Å²) in [4.78, 5) is 0. The zero-order chi connectivity index (χ0) is 13.9. The number of nitrogens with one attached hydrogen (secondary N) is 2. The van der Waals surface area contributed by atoms with E-state index in [1.165, 1.54) is 0 Å². The van der Waals surface area contributed by atoms with Crippen LogP contribution in [0.5, 0.6) is 0 Å². The molecule has 2 aliphatic heterocycles. The van der Waals surface area contributed by atoms with Crippen LogP contribution in [0.2, 0.25) is 0 Å². The molecular formula is C13H27N3O2S. The van der Waals surface area contributed by atoms with E-state index in [1.54, 1.807) is 4.31 Å². The van der Waals surface area contributed by atoms with E-state index in [-0.39, 0.29) is 0 Å². The molecule has 0 aromatic rings. The van der Waals surface area contributed by atoms with Crippen molar-refractivity contribution in [1.82, 2.24) is 14.3 Å². The smallest absolute Gasteiger partial charge is 0.279 e. The van der Waals surface area contributed by atoms with Crippen LogP contribution in [0.25, 0.3) is 0 Å². The standard InChI is InChI=1S/C13H27N3O2S/c1-11-4-7-16(8-5-11)19(17,18)15-10-13-3-6-14-9-12(13)2/h11-15H,3-10H2,1-2H3. The van der Waals surface area contributed by atoms with Crippen molar-refractivity contribution in [3.63, 3.8) is 0 Å². The monoisotopic (exact) mass is 289 g/mol. The lowest BCUT2D eigenvalue weighted by Gasteiger charge is -2.32. The Morgan fingerprint density at radius 1 is 1.21 bits per heavy atom. The van der Waals surface area contributed by atoms with Crippen LogP contribution in [0.15, 0.2) is 0 Å². The zero-order valence-electron chi connectivity index (χ0n) is 12.1. The summed E-state index contributed by atoms with van der Waals surface area (Å²) in [5, 5.41) is 3.34. The fourth-order valence-electron chi connectivity index (χ4n) is 2.90. The molecule has 0 spiro atoms. The van der Waals surface area contributed by atoms with Gasteiger partial charge in [0.05, 0.1) is 0 Å². The molecule has 2 fully saturated rings. The number of rotatable bonds is 4. The Kier molecular flexibility index (Phi) is 5.22. The average Bonchev–Trinajstić information content (AvgIpc) is 2.38. The largest absolute Gasteiger partial charge is 0.316 e. The Morgan fingerprint density at radius 2 is 1.89 bits per heavy atom. The lowest BCUT2D eigenvalue weighted by atomic mass is 9.88. The molecular weight excluding hydrogens is 262 g/mol. The van der Waals surface area contributed by atoms with Gasteiger partial charge in [0.2, 0.25) is 0 Å². The second-order valence-electron chi connectivity index (χ2n) is 6.17. The number of nitrogens with zero attached hydrogens (tertiary/aromatic N) is 1. The van der Waals surface area contributed by atoms with Crippen LogP contribution in [-0.2, 0) is 10.2 Å². The van der Waals surface area contributed by atoms with Crippen molar-refractivity contribution in [3.05, 3.63) is 0 Å². The van der Waals surface area contributed by atoms with Crippen LogP contribution in [0.1, 0.15) is 33.1 Å². The van der Waals surface area contributed by atoms with Gasteiger partial charge in [0.15, 0.2) is 0 Å². The molecule has 0 aliphatic carbocycles. The van der Waals surface area contributed by atoms with E-state index in [0.717, 1.165) is 32.4 Å². The number of hydrogen-bond acceptors (Lipinski definition) is 3. The predicted octanol–water partition coefficient (Wildman–Crippen LogP) is 0.798. The summed E-state index contributed by atoms with van der Waals surface area (Å²) in [6.45, 7) is 8.28. The summed E-state index contributed by atoms with van der Waals surface area (Å²) >= 11 is 0. The molecule has 2 rings (SSSR count). The first-order valence-electron chi connectivity index (χ1n) is 7.44. The molecule has 0 bridgehead atoms. The molecule has 0 aromatic heterocycles. The first-order valence-corrected chi connectivity index (χ1v) is 8.88. The Morgan fingerprint density at radius 3 is 2.53 bits per heavy atom. The highest BCUT2D eigenvalue weighted by atomic mass is 32.2.